The fraction of sp³-hybridized carbons (Fsp3) is 0.267. The molecule has 6 heteroatoms. The van der Waals surface area contributed by atoms with E-state index < -0.39 is 23.9 Å². The Morgan fingerprint density at radius 2 is 1.81 bits per heavy atom. The van der Waals surface area contributed by atoms with Crippen LogP contribution in [0.25, 0.3) is 0 Å². The fourth-order valence-corrected chi connectivity index (χ4v) is 1.56. The maximum absolute atomic E-state index is 12.0. The van der Waals surface area contributed by atoms with Gasteiger partial charge in [-0.3, -0.25) is 4.79 Å². The molecule has 6 nitrogen and oxygen atoms in total. The zero-order valence-electron chi connectivity index (χ0n) is 11.9. The summed E-state index contributed by atoms with van der Waals surface area (Å²) in [7, 11) is 2.48. The zero-order valence-corrected chi connectivity index (χ0v) is 11.9. The molecule has 1 rings (SSSR count). The molecule has 112 valence electrons. The monoisotopic (exact) mass is 291 g/mol. The van der Waals surface area contributed by atoms with E-state index in [4.69, 9.17) is 0 Å². The number of carbonyl (C=O) groups is 3. The van der Waals surface area contributed by atoms with Crippen molar-refractivity contribution in [1.82, 2.24) is 5.32 Å². The lowest BCUT2D eigenvalue weighted by molar-refractivity contribution is -0.143. The number of esters is 2. The minimum atomic E-state index is -0.872. The smallest absolute Gasteiger partial charge is 0.330 e. The van der Waals surface area contributed by atoms with Gasteiger partial charge in [0.2, 0.25) is 0 Å². The number of hydrogen-bond acceptors (Lipinski definition) is 5. The molecule has 21 heavy (non-hydrogen) atoms. The highest BCUT2D eigenvalue weighted by atomic mass is 16.5. The summed E-state index contributed by atoms with van der Waals surface area (Å²) in [4.78, 5) is 34.6. The van der Waals surface area contributed by atoms with Gasteiger partial charge in [-0.05, 0) is 18.6 Å². The van der Waals surface area contributed by atoms with Gasteiger partial charge in [0.05, 0.1) is 14.2 Å². The average molecular weight is 291 g/mol. The maximum Gasteiger partial charge on any atom is 0.330 e. The Bertz CT molecular complexity index is 524. The first-order valence-corrected chi connectivity index (χ1v) is 6.26. The average Bonchev–Trinajstić information content (AvgIpc) is 2.53. The van der Waals surface area contributed by atoms with E-state index in [0.717, 1.165) is 0 Å². The Kier molecular flexibility index (Phi) is 6.67. The minimum Gasteiger partial charge on any atom is -0.467 e. The van der Waals surface area contributed by atoms with Crippen molar-refractivity contribution in [2.24, 2.45) is 0 Å². The highest BCUT2D eigenvalue weighted by molar-refractivity contribution is 5.96. The Balaban J connectivity index is 2.70. The van der Waals surface area contributed by atoms with Gasteiger partial charge in [-0.25, -0.2) is 9.59 Å². The van der Waals surface area contributed by atoms with Gasteiger partial charge in [0, 0.05) is 11.6 Å². The summed E-state index contributed by atoms with van der Waals surface area (Å²) in [6.07, 6.45) is 2.75. The Morgan fingerprint density at radius 3 is 2.38 bits per heavy atom. The minimum absolute atomic E-state index is 0.125. The van der Waals surface area contributed by atoms with Crippen LogP contribution in [0.2, 0.25) is 0 Å². The van der Waals surface area contributed by atoms with Crippen LogP contribution in [-0.2, 0) is 19.1 Å². The van der Waals surface area contributed by atoms with Crippen molar-refractivity contribution in [3.8, 4) is 0 Å². The number of nitrogens with one attached hydrogen (secondary N) is 1. The molecular formula is C15H17NO5. The lowest BCUT2D eigenvalue weighted by atomic mass is 10.1. The van der Waals surface area contributed by atoms with E-state index >= 15 is 0 Å². The first-order chi connectivity index (χ1) is 10.1. The number of amides is 1. The topological polar surface area (TPSA) is 81.7 Å². The molecule has 0 spiro atoms. The van der Waals surface area contributed by atoms with Crippen LogP contribution in [0, 0.1) is 0 Å². The second-order valence-electron chi connectivity index (χ2n) is 4.08. The van der Waals surface area contributed by atoms with E-state index in [2.05, 4.69) is 14.8 Å². The number of benzene rings is 1. The van der Waals surface area contributed by atoms with Crippen LogP contribution in [0.4, 0.5) is 0 Å². The molecular weight excluding hydrogens is 274 g/mol. The summed E-state index contributed by atoms with van der Waals surface area (Å²) in [5, 5.41) is 2.56. The van der Waals surface area contributed by atoms with E-state index in [1.54, 1.807) is 30.3 Å². The molecule has 0 heterocycles. The third-order valence-electron chi connectivity index (χ3n) is 2.65. The maximum atomic E-state index is 12.0. The molecule has 1 amide bonds. The second-order valence-corrected chi connectivity index (χ2v) is 4.08. The van der Waals surface area contributed by atoms with Crippen molar-refractivity contribution in [3.63, 3.8) is 0 Å². The number of rotatable bonds is 6. The summed E-state index contributed by atoms with van der Waals surface area (Å²) in [5.74, 6) is -1.51. The van der Waals surface area contributed by atoms with Gasteiger partial charge in [0.1, 0.15) is 6.04 Å². The number of ether oxygens (including phenoxy) is 2. The van der Waals surface area contributed by atoms with E-state index in [1.807, 2.05) is 0 Å². The molecule has 0 unspecified atom stereocenters. The van der Waals surface area contributed by atoms with E-state index in [0.29, 0.717) is 5.56 Å². The van der Waals surface area contributed by atoms with Gasteiger partial charge >= 0.3 is 11.9 Å². The molecule has 1 aromatic carbocycles. The van der Waals surface area contributed by atoms with Gasteiger partial charge in [-0.2, -0.15) is 0 Å². The third-order valence-corrected chi connectivity index (χ3v) is 2.65. The highest BCUT2D eigenvalue weighted by Gasteiger charge is 2.20. The Morgan fingerprint density at radius 1 is 1.14 bits per heavy atom. The van der Waals surface area contributed by atoms with Gasteiger partial charge in [0.25, 0.3) is 5.91 Å². The van der Waals surface area contributed by atoms with Crippen LogP contribution in [0.1, 0.15) is 16.8 Å². The van der Waals surface area contributed by atoms with Crippen LogP contribution in [0.5, 0.6) is 0 Å². The van der Waals surface area contributed by atoms with Crippen molar-refractivity contribution in [1.29, 1.82) is 0 Å². The molecule has 0 aromatic heterocycles. The van der Waals surface area contributed by atoms with Crippen LogP contribution in [0.3, 0.4) is 0 Å². The number of methoxy groups -OCH3 is 2. The molecule has 0 aliphatic rings. The molecule has 1 atom stereocenters. The zero-order chi connectivity index (χ0) is 15.7. The number of carbonyl (C=O) groups excluding carboxylic acids is 3. The van der Waals surface area contributed by atoms with Gasteiger partial charge in [-0.1, -0.05) is 24.3 Å². The van der Waals surface area contributed by atoms with E-state index in [-0.39, 0.29) is 6.42 Å². The molecule has 0 aliphatic heterocycles. The predicted molar refractivity (Wildman–Crippen MR) is 75.5 cm³/mol. The van der Waals surface area contributed by atoms with Crippen molar-refractivity contribution in [3.05, 3.63) is 48.0 Å². The molecule has 0 saturated heterocycles. The molecule has 1 N–H and O–H groups in total. The predicted octanol–water partition coefficient (Wildman–Crippen LogP) is 1.08. The van der Waals surface area contributed by atoms with Gasteiger partial charge in [-0.15, -0.1) is 0 Å². The molecule has 0 bridgehead atoms. The second kappa shape index (κ2) is 8.52. The largest absolute Gasteiger partial charge is 0.467 e. The van der Waals surface area contributed by atoms with Gasteiger partial charge in [0.15, 0.2) is 0 Å². The van der Waals surface area contributed by atoms with Crippen LogP contribution in [-0.4, -0.2) is 38.1 Å². The molecule has 1 aromatic rings. The Hall–Kier alpha value is -2.63. The first-order valence-electron chi connectivity index (χ1n) is 6.26. The summed E-state index contributed by atoms with van der Waals surface area (Å²) in [6, 6.07) is 7.62. The molecule has 0 saturated carbocycles. The number of hydrogen-bond donors (Lipinski definition) is 1. The van der Waals surface area contributed by atoms with Crippen molar-refractivity contribution >= 4 is 17.8 Å². The van der Waals surface area contributed by atoms with Crippen molar-refractivity contribution in [2.75, 3.05) is 14.2 Å². The quantitative estimate of drug-likeness (QED) is 0.626. The van der Waals surface area contributed by atoms with Crippen LogP contribution in [0.15, 0.2) is 42.5 Å². The van der Waals surface area contributed by atoms with E-state index in [1.165, 1.54) is 26.4 Å². The van der Waals surface area contributed by atoms with Crippen molar-refractivity contribution in [2.45, 2.75) is 12.5 Å². The SMILES string of the molecule is COC(=O)/C=C/C[C@@H](NC(=O)c1ccccc1)C(=O)OC. The summed E-state index contributed by atoms with van der Waals surface area (Å²) < 4.78 is 9.07. The molecule has 0 radical (unpaired) electrons. The lowest BCUT2D eigenvalue weighted by Crippen LogP contribution is -2.41. The summed E-state index contributed by atoms with van der Waals surface area (Å²) in [5.41, 5.74) is 0.434. The van der Waals surface area contributed by atoms with Gasteiger partial charge < -0.3 is 14.8 Å². The van der Waals surface area contributed by atoms with Crippen LogP contribution >= 0.6 is 0 Å². The standard InChI is InChI=1S/C15H17NO5/c1-20-13(17)10-6-9-12(15(19)21-2)16-14(18)11-7-4-3-5-8-11/h3-8,10,12H,9H2,1-2H3,(H,16,18)/b10-6+/t12-/m1/s1. The van der Waals surface area contributed by atoms with E-state index in [9.17, 15) is 14.4 Å². The highest BCUT2D eigenvalue weighted by Crippen LogP contribution is 2.03. The Labute approximate surface area is 122 Å². The fourth-order valence-electron chi connectivity index (χ4n) is 1.56. The van der Waals surface area contributed by atoms with Crippen LogP contribution < -0.4 is 5.32 Å². The normalized spacial score (nSPS) is 11.7. The molecule has 0 aliphatic carbocycles. The summed E-state index contributed by atoms with van der Waals surface area (Å²) >= 11 is 0. The first kappa shape index (κ1) is 16.4. The lowest BCUT2D eigenvalue weighted by Gasteiger charge is -2.14. The summed E-state index contributed by atoms with van der Waals surface area (Å²) in [6.45, 7) is 0. The molecule has 0 fully saturated rings. The third kappa shape index (κ3) is 5.48. The van der Waals surface area contributed by atoms with Crippen molar-refractivity contribution < 1.29 is 23.9 Å².